The number of hydrogen-bond donors (Lipinski definition) is 1. The lowest BCUT2D eigenvalue weighted by Gasteiger charge is -2.04. The Kier molecular flexibility index (Phi) is 2.68. The molecule has 0 saturated carbocycles. The molecule has 5 nitrogen and oxygen atoms in total. The first kappa shape index (κ1) is 10.4. The van der Waals surface area contributed by atoms with Gasteiger partial charge in [-0.2, -0.15) is 0 Å². The van der Waals surface area contributed by atoms with Gasteiger partial charge in [-0.05, 0) is 19.9 Å². The van der Waals surface area contributed by atoms with Crippen LogP contribution in [0.25, 0.3) is 0 Å². The number of anilines is 2. The van der Waals surface area contributed by atoms with Gasteiger partial charge in [0.2, 0.25) is 5.95 Å². The lowest BCUT2D eigenvalue weighted by molar-refractivity contribution is 0.101. The molecule has 0 fully saturated rings. The van der Waals surface area contributed by atoms with Crippen LogP contribution in [-0.4, -0.2) is 15.8 Å². The second-order valence-electron chi connectivity index (χ2n) is 3.35. The maximum absolute atomic E-state index is 11.2. The molecule has 0 unspecified atom stereocenters. The van der Waals surface area contributed by atoms with Crippen LogP contribution in [-0.2, 0) is 0 Å². The van der Waals surface area contributed by atoms with Gasteiger partial charge >= 0.3 is 0 Å². The zero-order valence-corrected chi connectivity index (χ0v) is 9.02. The van der Waals surface area contributed by atoms with Gasteiger partial charge < -0.3 is 4.42 Å². The normalized spacial score (nSPS) is 10.1. The highest BCUT2D eigenvalue weighted by Crippen LogP contribution is 2.14. The number of carbonyl (C=O) groups excluding carboxylic acids is 1. The summed E-state index contributed by atoms with van der Waals surface area (Å²) in [4.78, 5) is 19.4. The zero-order valence-electron chi connectivity index (χ0n) is 9.02. The van der Waals surface area contributed by atoms with Crippen LogP contribution < -0.4 is 5.32 Å². The van der Waals surface area contributed by atoms with Crippen LogP contribution in [0.4, 0.5) is 11.8 Å². The van der Waals surface area contributed by atoms with Gasteiger partial charge in [0.15, 0.2) is 11.7 Å². The van der Waals surface area contributed by atoms with E-state index in [4.69, 9.17) is 4.42 Å². The number of aryl methyl sites for hydroxylation is 1. The fraction of sp³-hybridized carbons (Fsp3) is 0.182. The highest BCUT2D eigenvalue weighted by molar-refractivity contribution is 5.94. The summed E-state index contributed by atoms with van der Waals surface area (Å²) in [7, 11) is 0. The van der Waals surface area contributed by atoms with E-state index in [1.54, 1.807) is 25.3 Å². The fourth-order valence-electron chi connectivity index (χ4n) is 1.33. The molecule has 0 radical (unpaired) electrons. The molecule has 0 aromatic carbocycles. The number of nitrogens with one attached hydrogen (secondary N) is 1. The summed E-state index contributed by atoms with van der Waals surface area (Å²) < 4.78 is 5.10. The van der Waals surface area contributed by atoms with Crippen LogP contribution in [0, 0.1) is 6.92 Å². The Labute approximate surface area is 92.5 Å². The average Bonchev–Trinajstić information content (AvgIpc) is 2.70. The molecule has 0 aliphatic rings. The maximum Gasteiger partial charge on any atom is 0.229 e. The van der Waals surface area contributed by atoms with Gasteiger partial charge in [0.25, 0.3) is 0 Å². The van der Waals surface area contributed by atoms with Gasteiger partial charge in [-0.3, -0.25) is 10.1 Å². The van der Waals surface area contributed by atoms with Crippen molar-refractivity contribution in [2.45, 2.75) is 13.8 Å². The van der Waals surface area contributed by atoms with Crippen molar-refractivity contribution in [1.82, 2.24) is 9.97 Å². The first-order valence-corrected chi connectivity index (χ1v) is 4.82. The van der Waals surface area contributed by atoms with Gasteiger partial charge in [0, 0.05) is 12.3 Å². The van der Waals surface area contributed by atoms with Gasteiger partial charge in [-0.25, -0.2) is 9.97 Å². The molecule has 0 aliphatic carbocycles. The summed E-state index contributed by atoms with van der Waals surface area (Å²) in [6.07, 6.45) is 3.06. The van der Waals surface area contributed by atoms with E-state index in [0.29, 0.717) is 23.1 Å². The van der Waals surface area contributed by atoms with E-state index < -0.39 is 0 Å². The number of furan rings is 1. The van der Waals surface area contributed by atoms with E-state index in [1.807, 2.05) is 0 Å². The number of Topliss-reactive ketones (excluding diaryl/α,β-unsaturated/α-hetero) is 1. The minimum absolute atomic E-state index is 0.0398. The molecular weight excluding hydrogens is 206 g/mol. The van der Waals surface area contributed by atoms with Crippen molar-refractivity contribution >= 4 is 17.6 Å². The van der Waals surface area contributed by atoms with Crippen LogP contribution in [0.2, 0.25) is 0 Å². The molecule has 2 rings (SSSR count). The zero-order chi connectivity index (χ0) is 11.5. The summed E-state index contributed by atoms with van der Waals surface area (Å²) in [6, 6.07) is 3.52. The number of aromatic nitrogens is 2. The van der Waals surface area contributed by atoms with E-state index in [-0.39, 0.29) is 5.78 Å². The van der Waals surface area contributed by atoms with Crippen molar-refractivity contribution in [1.29, 1.82) is 0 Å². The molecule has 82 valence electrons. The lowest BCUT2D eigenvalue weighted by Crippen LogP contribution is -2.04. The number of nitrogens with zero attached hydrogens (tertiary/aromatic N) is 2. The van der Waals surface area contributed by atoms with E-state index in [9.17, 15) is 4.79 Å². The minimum Gasteiger partial charge on any atom is -0.449 e. The smallest absolute Gasteiger partial charge is 0.229 e. The highest BCUT2D eigenvalue weighted by atomic mass is 16.3. The van der Waals surface area contributed by atoms with Crippen molar-refractivity contribution in [2.75, 3.05) is 5.32 Å². The van der Waals surface area contributed by atoms with Gasteiger partial charge in [-0.1, -0.05) is 0 Å². The average molecular weight is 217 g/mol. The Morgan fingerprint density at radius 3 is 2.88 bits per heavy atom. The Hall–Kier alpha value is -2.17. The van der Waals surface area contributed by atoms with Gasteiger partial charge in [-0.15, -0.1) is 0 Å². The largest absolute Gasteiger partial charge is 0.449 e. The first-order chi connectivity index (χ1) is 7.66. The molecule has 2 heterocycles. The molecule has 2 aromatic heterocycles. The topological polar surface area (TPSA) is 68.0 Å². The summed E-state index contributed by atoms with van der Waals surface area (Å²) >= 11 is 0. The monoisotopic (exact) mass is 217 g/mol. The molecule has 0 bridgehead atoms. The van der Waals surface area contributed by atoms with Crippen molar-refractivity contribution in [3.8, 4) is 0 Å². The summed E-state index contributed by atoms with van der Waals surface area (Å²) in [5.41, 5.74) is 1.18. The fourth-order valence-corrected chi connectivity index (χ4v) is 1.33. The number of hydrogen-bond acceptors (Lipinski definition) is 5. The third-order valence-electron chi connectivity index (χ3n) is 2.11. The van der Waals surface area contributed by atoms with E-state index in [1.165, 1.54) is 13.1 Å². The third kappa shape index (κ3) is 2.08. The number of rotatable bonds is 3. The molecule has 0 atom stereocenters. The Morgan fingerprint density at radius 2 is 2.31 bits per heavy atom. The van der Waals surface area contributed by atoms with E-state index >= 15 is 0 Å². The lowest BCUT2D eigenvalue weighted by atomic mass is 10.2. The molecule has 0 amide bonds. The summed E-state index contributed by atoms with van der Waals surface area (Å²) in [5.74, 6) is 0.939. The van der Waals surface area contributed by atoms with Crippen LogP contribution in [0.1, 0.15) is 23.0 Å². The number of carbonyl (C=O) groups is 1. The Bertz CT molecular complexity index is 506. The predicted molar refractivity (Wildman–Crippen MR) is 58.8 cm³/mol. The second-order valence-corrected chi connectivity index (χ2v) is 3.35. The highest BCUT2D eigenvalue weighted by Gasteiger charge is 2.07. The first-order valence-electron chi connectivity index (χ1n) is 4.82. The Balaban J connectivity index is 2.24. The number of ketones is 1. The van der Waals surface area contributed by atoms with Crippen LogP contribution in [0.15, 0.2) is 29.0 Å². The maximum atomic E-state index is 11.2. The van der Waals surface area contributed by atoms with Gasteiger partial charge in [0.05, 0.1) is 17.5 Å². The molecule has 0 aliphatic heterocycles. The second kappa shape index (κ2) is 4.14. The standard InChI is InChI=1S/C11H11N3O2/c1-7-9(8(2)15)6-12-11(13-7)14-10-4-3-5-16-10/h3-6H,1-2H3,(H,12,13,14). The van der Waals surface area contributed by atoms with Crippen molar-refractivity contribution < 1.29 is 9.21 Å². The molecular formula is C11H11N3O2. The quantitative estimate of drug-likeness (QED) is 0.799. The molecule has 0 spiro atoms. The predicted octanol–water partition coefficient (Wildman–Crippen LogP) is 2.32. The summed E-state index contributed by atoms with van der Waals surface area (Å²) in [5, 5.41) is 2.89. The molecule has 0 saturated heterocycles. The Morgan fingerprint density at radius 1 is 1.50 bits per heavy atom. The molecule has 5 heteroatoms. The minimum atomic E-state index is -0.0398. The van der Waals surface area contributed by atoms with Crippen molar-refractivity contribution in [2.24, 2.45) is 0 Å². The third-order valence-corrected chi connectivity index (χ3v) is 2.11. The van der Waals surface area contributed by atoms with Crippen LogP contribution in [0.5, 0.6) is 0 Å². The summed E-state index contributed by atoms with van der Waals surface area (Å²) in [6.45, 7) is 3.26. The van der Waals surface area contributed by atoms with Crippen molar-refractivity contribution in [3.63, 3.8) is 0 Å². The van der Waals surface area contributed by atoms with Crippen molar-refractivity contribution in [3.05, 3.63) is 35.9 Å². The molecule has 2 aromatic rings. The molecule has 16 heavy (non-hydrogen) atoms. The van der Waals surface area contributed by atoms with E-state index in [2.05, 4.69) is 15.3 Å². The van der Waals surface area contributed by atoms with E-state index in [0.717, 1.165) is 0 Å². The SMILES string of the molecule is CC(=O)c1cnc(Nc2ccco2)nc1C. The van der Waals surface area contributed by atoms with Crippen LogP contribution >= 0.6 is 0 Å². The van der Waals surface area contributed by atoms with Crippen LogP contribution in [0.3, 0.4) is 0 Å². The van der Waals surface area contributed by atoms with Gasteiger partial charge in [0.1, 0.15) is 0 Å². The molecule has 1 N–H and O–H groups in total.